The van der Waals surface area contributed by atoms with Gasteiger partial charge in [-0.1, -0.05) is 6.42 Å². The minimum absolute atomic E-state index is 0.0583. The first-order valence-electron chi connectivity index (χ1n) is 8.14. The van der Waals surface area contributed by atoms with Crippen LogP contribution in [0.3, 0.4) is 0 Å². The first kappa shape index (κ1) is 15.7. The molecule has 7 nitrogen and oxygen atoms in total. The third-order valence-electron chi connectivity index (χ3n) is 4.33. The Morgan fingerprint density at radius 1 is 1.09 bits per heavy atom. The Kier molecular flexibility index (Phi) is 4.47. The van der Waals surface area contributed by atoms with Gasteiger partial charge in [-0.05, 0) is 57.0 Å². The standard InChI is InChI=1S/C16H23N5O2/c1-19(2)9-8-17-16-18-21(23)15-11-13-7-5-3-4-6-12(13)10-14(15)20(16)22/h10-11H,3-9H2,1-2H3,(H,17,18). The summed E-state index contributed by atoms with van der Waals surface area (Å²) in [5, 5.41) is 31.6. The molecule has 7 heteroatoms. The van der Waals surface area contributed by atoms with Gasteiger partial charge in [-0.15, -0.1) is 0 Å². The summed E-state index contributed by atoms with van der Waals surface area (Å²) in [6, 6.07) is 3.71. The maximum absolute atomic E-state index is 12.6. The molecule has 0 fully saturated rings. The van der Waals surface area contributed by atoms with Crippen LogP contribution in [-0.4, -0.2) is 37.2 Å². The molecular formula is C16H23N5O2. The lowest BCUT2D eigenvalue weighted by molar-refractivity contribution is -0.672. The van der Waals surface area contributed by atoms with E-state index in [1.807, 2.05) is 31.1 Å². The number of rotatable bonds is 4. The van der Waals surface area contributed by atoms with Crippen molar-refractivity contribution in [1.82, 2.24) is 10.00 Å². The van der Waals surface area contributed by atoms with Crippen LogP contribution in [0.2, 0.25) is 0 Å². The van der Waals surface area contributed by atoms with E-state index in [0.29, 0.717) is 22.4 Å². The third-order valence-corrected chi connectivity index (χ3v) is 4.33. The van der Waals surface area contributed by atoms with Gasteiger partial charge >= 0.3 is 5.95 Å². The largest absolute Gasteiger partial charge is 0.739 e. The normalized spacial score (nSPS) is 14.7. The summed E-state index contributed by atoms with van der Waals surface area (Å²) < 4.78 is 0.741. The fourth-order valence-electron chi connectivity index (χ4n) is 3.05. The van der Waals surface area contributed by atoms with E-state index < -0.39 is 0 Å². The minimum atomic E-state index is 0.0583. The number of anilines is 1. The molecule has 0 amide bonds. The van der Waals surface area contributed by atoms with Gasteiger partial charge in [0.15, 0.2) is 5.52 Å². The zero-order valence-electron chi connectivity index (χ0n) is 13.7. The van der Waals surface area contributed by atoms with Crippen LogP contribution in [0, 0.1) is 10.4 Å². The number of benzene rings is 1. The second-order valence-corrected chi connectivity index (χ2v) is 6.39. The third kappa shape index (κ3) is 3.29. The molecule has 1 aromatic heterocycles. The minimum Gasteiger partial charge on any atom is -0.739 e. The summed E-state index contributed by atoms with van der Waals surface area (Å²) in [5.41, 5.74) is 3.10. The molecule has 2 aromatic rings. The number of aryl methyl sites for hydroxylation is 2. The Hall–Kier alpha value is -2.15. The topological polar surface area (TPSA) is 82.0 Å². The number of hydrogen-bond acceptors (Lipinski definition) is 5. The Balaban J connectivity index is 2.00. The molecule has 0 bridgehead atoms. The van der Waals surface area contributed by atoms with Crippen molar-refractivity contribution in [2.24, 2.45) is 0 Å². The van der Waals surface area contributed by atoms with Crippen LogP contribution in [0.15, 0.2) is 12.1 Å². The molecule has 1 heterocycles. The van der Waals surface area contributed by atoms with Crippen LogP contribution in [0.5, 0.6) is 0 Å². The van der Waals surface area contributed by atoms with Crippen LogP contribution in [0.1, 0.15) is 30.4 Å². The Labute approximate surface area is 135 Å². The van der Waals surface area contributed by atoms with Gasteiger partial charge in [-0.25, -0.2) is 4.73 Å². The molecule has 0 unspecified atom stereocenters. The molecule has 0 saturated heterocycles. The highest BCUT2D eigenvalue weighted by Crippen LogP contribution is 2.23. The molecule has 3 rings (SSSR count). The smallest absolute Gasteiger partial charge is 0.461 e. The number of aromatic nitrogens is 3. The lowest BCUT2D eigenvalue weighted by Gasteiger charge is -2.13. The average Bonchev–Trinajstić information content (AvgIpc) is 2.75. The number of likely N-dealkylation sites (N-methyl/N-ethyl adjacent to an activating group) is 1. The van der Waals surface area contributed by atoms with E-state index in [1.165, 1.54) is 17.5 Å². The van der Waals surface area contributed by atoms with E-state index in [0.717, 1.165) is 37.0 Å². The number of fused-ring (bicyclic) bond motifs is 2. The van der Waals surface area contributed by atoms with Crippen molar-refractivity contribution >= 4 is 17.0 Å². The van der Waals surface area contributed by atoms with Crippen LogP contribution in [0.25, 0.3) is 11.0 Å². The van der Waals surface area contributed by atoms with Gasteiger partial charge in [0.05, 0.1) is 6.54 Å². The molecule has 0 spiro atoms. The molecular weight excluding hydrogens is 294 g/mol. The molecule has 124 valence electrons. The predicted molar refractivity (Wildman–Crippen MR) is 88.0 cm³/mol. The highest BCUT2D eigenvalue weighted by Gasteiger charge is 2.22. The molecule has 0 radical (unpaired) electrons. The van der Waals surface area contributed by atoms with Gasteiger partial charge in [0, 0.05) is 17.5 Å². The number of nitrogens with zero attached hydrogens (tertiary/aromatic N) is 4. The van der Waals surface area contributed by atoms with Gasteiger partial charge < -0.3 is 15.3 Å². The van der Waals surface area contributed by atoms with Crippen molar-refractivity contribution in [1.29, 1.82) is 0 Å². The molecule has 0 aliphatic heterocycles. The summed E-state index contributed by atoms with van der Waals surface area (Å²) in [7, 11) is 3.90. The van der Waals surface area contributed by atoms with Crippen LogP contribution >= 0.6 is 0 Å². The maximum Gasteiger partial charge on any atom is 0.461 e. The SMILES string of the molecule is CN(C)CCNc1n[n+]([O-])c2cc3c(cc2[n+]1[O-])CCCCC3. The fourth-order valence-corrected chi connectivity index (χ4v) is 3.05. The highest BCUT2D eigenvalue weighted by atomic mass is 16.5. The molecule has 1 N–H and O–H groups in total. The monoisotopic (exact) mass is 317 g/mol. The van der Waals surface area contributed by atoms with Gasteiger partial charge in [0.1, 0.15) is 0 Å². The number of hydrogen-bond donors (Lipinski definition) is 1. The van der Waals surface area contributed by atoms with E-state index in [2.05, 4.69) is 10.4 Å². The van der Waals surface area contributed by atoms with Crippen molar-refractivity contribution in [3.8, 4) is 0 Å². The predicted octanol–water partition coefficient (Wildman–Crippen LogP) is 0.744. The fraction of sp³-hybridized carbons (Fsp3) is 0.562. The van der Waals surface area contributed by atoms with Gasteiger partial charge in [0.25, 0.3) is 5.52 Å². The molecule has 23 heavy (non-hydrogen) atoms. The quantitative estimate of drug-likeness (QED) is 0.511. The van der Waals surface area contributed by atoms with E-state index >= 15 is 0 Å². The summed E-state index contributed by atoms with van der Waals surface area (Å²) in [5.74, 6) is 0.0583. The van der Waals surface area contributed by atoms with Crippen molar-refractivity contribution in [3.05, 3.63) is 33.7 Å². The van der Waals surface area contributed by atoms with Crippen LogP contribution < -0.4 is 14.9 Å². The van der Waals surface area contributed by atoms with Crippen molar-refractivity contribution in [2.75, 3.05) is 32.5 Å². The Bertz CT molecular complexity index is 717. The van der Waals surface area contributed by atoms with Crippen molar-refractivity contribution < 1.29 is 9.58 Å². The lowest BCUT2D eigenvalue weighted by Crippen LogP contribution is -2.45. The molecule has 0 atom stereocenters. The van der Waals surface area contributed by atoms with Gasteiger partial charge in [-0.2, -0.15) is 0 Å². The molecule has 1 aromatic carbocycles. The van der Waals surface area contributed by atoms with E-state index in [9.17, 15) is 10.4 Å². The highest BCUT2D eigenvalue weighted by molar-refractivity contribution is 5.70. The lowest BCUT2D eigenvalue weighted by atomic mass is 10.0. The van der Waals surface area contributed by atoms with E-state index in [-0.39, 0.29) is 5.95 Å². The first-order valence-corrected chi connectivity index (χ1v) is 8.14. The van der Waals surface area contributed by atoms with Gasteiger partial charge in [-0.3, -0.25) is 5.32 Å². The zero-order valence-corrected chi connectivity index (χ0v) is 13.7. The number of nitrogens with one attached hydrogen (secondary N) is 1. The second-order valence-electron chi connectivity index (χ2n) is 6.39. The first-order chi connectivity index (χ1) is 11.1. The second kappa shape index (κ2) is 6.54. The van der Waals surface area contributed by atoms with Gasteiger partial charge in [0.2, 0.25) is 5.10 Å². The summed E-state index contributed by atoms with van der Waals surface area (Å²) >= 11 is 0. The Morgan fingerprint density at radius 3 is 2.39 bits per heavy atom. The summed E-state index contributed by atoms with van der Waals surface area (Å²) in [6.07, 6.45) is 5.39. The zero-order chi connectivity index (χ0) is 16.4. The van der Waals surface area contributed by atoms with Crippen LogP contribution in [-0.2, 0) is 12.8 Å². The molecule has 1 aliphatic rings. The Morgan fingerprint density at radius 2 is 1.74 bits per heavy atom. The van der Waals surface area contributed by atoms with Crippen molar-refractivity contribution in [2.45, 2.75) is 32.1 Å². The average molecular weight is 317 g/mol. The molecule has 0 saturated carbocycles. The maximum atomic E-state index is 12.6. The summed E-state index contributed by atoms with van der Waals surface area (Å²) in [6.45, 7) is 1.31. The van der Waals surface area contributed by atoms with E-state index in [4.69, 9.17) is 0 Å². The van der Waals surface area contributed by atoms with E-state index in [1.54, 1.807) is 0 Å². The summed E-state index contributed by atoms with van der Waals surface area (Å²) in [4.78, 5) is 2.56. The van der Waals surface area contributed by atoms with Crippen LogP contribution in [0.4, 0.5) is 5.95 Å². The van der Waals surface area contributed by atoms with Crippen molar-refractivity contribution in [3.63, 3.8) is 0 Å². The molecule has 1 aliphatic carbocycles.